The van der Waals surface area contributed by atoms with Crippen molar-refractivity contribution in [3.63, 3.8) is 0 Å². The van der Waals surface area contributed by atoms with Crippen LogP contribution in [0.2, 0.25) is 0 Å². The van der Waals surface area contributed by atoms with E-state index in [-0.39, 0.29) is 24.3 Å². The number of hydrogen-bond acceptors (Lipinski definition) is 3. The summed E-state index contributed by atoms with van der Waals surface area (Å²) in [4.78, 5) is 23.0. The number of amides is 2. The van der Waals surface area contributed by atoms with E-state index in [0.717, 1.165) is 38.8 Å². The van der Waals surface area contributed by atoms with Crippen LogP contribution in [-0.2, 0) is 9.59 Å². The van der Waals surface area contributed by atoms with Crippen LogP contribution in [0.3, 0.4) is 0 Å². The molecule has 90 valence electrons. The highest BCUT2D eigenvalue weighted by molar-refractivity contribution is 5.86. The summed E-state index contributed by atoms with van der Waals surface area (Å²) in [7, 11) is 0. The van der Waals surface area contributed by atoms with Gasteiger partial charge in [-0.15, -0.1) is 0 Å². The minimum atomic E-state index is -0.0698. The van der Waals surface area contributed by atoms with Gasteiger partial charge in [-0.05, 0) is 32.2 Å². The van der Waals surface area contributed by atoms with Gasteiger partial charge < -0.3 is 16.0 Å². The summed E-state index contributed by atoms with van der Waals surface area (Å²) in [5.74, 6) is -0.0414. The van der Waals surface area contributed by atoms with Crippen LogP contribution in [0.5, 0.6) is 0 Å². The normalized spacial score (nSPS) is 24.9. The molecule has 1 saturated carbocycles. The fourth-order valence-corrected chi connectivity index (χ4v) is 1.89. The molecule has 5 nitrogen and oxygen atoms in total. The van der Waals surface area contributed by atoms with Crippen LogP contribution in [0.1, 0.15) is 25.7 Å². The minimum Gasteiger partial charge on any atom is -0.352 e. The van der Waals surface area contributed by atoms with Crippen molar-refractivity contribution in [3.05, 3.63) is 0 Å². The van der Waals surface area contributed by atoms with Gasteiger partial charge in [0.15, 0.2) is 0 Å². The molecule has 16 heavy (non-hydrogen) atoms. The molecule has 1 aliphatic heterocycles. The zero-order valence-electron chi connectivity index (χ0n) is 9.42. The lowest BCUT2D eigenvalue weighted by atomic mass is 9.99. The quantitative estimate of drug-likeness (QED) is 0.597. The Morgan fingerprint density at radius 3 is 2.69 bits per heavy atom. The number of carbonyl (C=O) groups is 2. The first-order chi connectivity index (χ1) is 7.75. The molecule has 0 bridgehead atoms. The van der Waals surface area contributed by atoms with Crippen LogP contribution in [0.15, 0.2) is 0 Å². The Hall–Kier alpha value is -1.10. The van der Waals surface area contributed by atoms with Crippen molar-refractivity contribution in [2.75, 3.05) is 19.6 Å². The second kappa shape index (κ2) is 5.30. The van der Waals surface area contributed by atoms with Gasteiger partial charge in [-0.2, -0.15) is 0 Å². The summed E-state index contributed by atoms with van der Waals surface area (Å²) >= 11 is 0. The Morgan fingerprint density at radius 2 is 2.06 bits per heavy atom. The highest BCUT2D eigenvalue weighted by atomic mass is 16.2. The van der Waals surface area contributed by atoms with Gasteiger partial charge in [-0.25, -0.2) is 0 Å². The minimum absolute atomic E-state index is 0.00172. The molecular weight excluding hydrogens is 206 g/mol. The molecule has 0 spiro atoms. The highest BCUT2D eigenvalue weighted by Crippen LogP contribution is 2.18. The van der Waals surface area contributed by atoms with Crippen LogP contribution in [-0.4, -0.2) is 37.5 Å². The average molecular weight is 225 g/mol. The van der Waals surface area contributed by atoms with Crippen LogP contribution < -0.4 is 16.0 Å². The topological polar surface area (TPSA) is 70.2 Å². The van der Waals surface area contributed by atoms with Gasteiger partial charge >= 0.3 is 0 Å². The van der Waals surface area contributed by atoms with Crippen molar-refractivity contribution in [2.45, 2.75) is 31.7 Å². The molecule has 0 aromatic carbocycles. The molecule has 0 aromatic rings. The van der Waals surface area contributed by atoms with E-state index >= 15 is 0 Å². The van der Waals surface area contributed by atoms with Crippen LogP contribution >= 0.6 is 0 Å². The molecule has 2 fully saturated rings. The standard InChI is InChI=1S/C11H19N3O2/c15-10(14-9-3-4-9)7-13-11(16)8-2-1-5-12-6-8/h8-9,12H,1-7H2,(H,13,16)(H,14,15)/t8-/m1/s1. The van der Waals surface area contributed by atoms with Gasteiger partial charge in [0.25, 0.3) is 0 Å². The molecule has 2 rings (SSSR count). The first-order valence-electron chi connectivity index (χ1n) is 6.03. The second-order valence-electron chi connectivity index (χ2n) is 4.60. The predicted molar refractivity (Wildman–Crippen MR) is 59.8 cm³/mol. The number of hydrogen-bond donors (Lipinski definition) is 3. The second-order valence-corrected chi connectivity index (χ2v) is 4.60. The van der Waals surface area contributed by atoms with E-state index in [2.05, 4.69) is 16.0 Å². The van der Waals surface area contributed by atoms with Crippen molar-refractivity contribution in [3.8, 4) is 0 Å². The van der Waals surface area contributed by atoms with Crippen molar-refractivity contribution in [1.82, 2.24) is 16.0 Å². The summed E-state index contributed by atoms with van der Waals surface area (Å²) in [5.41, 5.74) is 0. The van der Waals surface area contributed by atoms with E-state index in [4.69, 9.17) is 0 Å². The summed E-state index contributed by atoms with van der Waals surface area (Å²) < 4.78 is 0. The maximum Gasteiger partial charge on any atom is 0.239 e. The lowest BCUT2D eigenvalue weighted by Crippen LogP contribution is -2.44. The molecule has 3 N–H and O–H groups in total. The Bertz CT molecular complexity index is 270. The monoisotopic (exact) mass is 225 g/mol. The maximum absolute atomic E-state index is 11.7. The third-order valence-electron chi connectivity index (χ3n) is 3.03. The van der Waals surface area contributed by atoms with Crippen LogP contribution in [0.4, 0.5) is 0 Å². The molecule has 1 saturated heterocycles. The number of piperidine rings is 1. The number of carbonyl (C=O) groups excluding carboxylic acids is 2. The Morgan fingerprint density at radius 1 is 1.25 bits per heavy atom. The maximum atomic E-state index is 11.7. The SMILES string of the molecule is O=C(CNC(=O)[C@@H]1CCCNC1)NC1CC1. The number of nitrogens with one attached hydrogen (secondary N) is 3. The van der Waals surface area contributed by atoms with E-state index in [1.54, 1.807) is 0 Å². The predicted octanol–water partition coefficient (Wildman–Crippen LogP) is -0.619. The fraction of sp³-hybridized carbons (Fsp3) is 0.818. The molecule has 0 radical (unpaired) electrons. The van der Waals surface area contributed by atoms with E-state index in [0.29, 0.717) is 6.04 Å². The zero-order valence-corrected chi connectivity index (χ0v) is 9.42. The molecule has 2 aliphatic rings. The van der Waals surface area contributed by atoms with Crippen LogP contribution in [0, 0.1) is 5.92 Å². The average Bonchev–Trinajstić information content (AvgIpc) is 3.11. The van der Waals surface area contributed by atoms with Gasteiger partial charge in [0.2, 0.25) is 11.8 Å². The van der Waals surface area contributed by atoms with Gasteiger partial charge in [-0.1, -0.05) is 0 Å². The largest absolute Gasteiger partial charge is 0.352 e. The summed E-state index contributed by atoms with van der Waals surface area (Å²) in [6, 6.07) is 0.362. The molecule has 5 heteroatoms. The van der Waals surface area contributed by atoms with Crippen LogP contribution in [0.25, 0.3) is 0 Å². The van der Waals surface area contributed by atoms with E-state index < -0.39 is 0 Å². The smallest absolute Gasteiger partial charge is 0.239 e. The molecule has 1 heterocycles. The summed E-state index contributed by atoms with van der Waals surface area (Å²) in [5, 5.41) is 8.72. The highest BCUT2D eigenvalue weighted by Gasteiger charge is 2.24. The molecule has 1 atom stereocenters. The molecule has 2 amide bonds. The Kier molecular flexibility index (Phi) is 3.77. The number of rotatable bonds is 4. The molecular formula is C11H19N3O2. The third kappa shape index (κ3) is 3.48. The van der Waals surface area contributed by atoms with E-state index in [9.17, 15) is 9.59 Å². The van der Waals surface area contributed by atoms with Gasteiger partial charge in [0, 0.05) is 12.6 Å². The van der Waals surface area contributed by atoms with E-state index in [1.807, 2.05) is 0 Å². The first-order valence-corrected chi connectivity index (χ1v) is 6.03. The zero-order chi connectivity index (χ0) is 11.4. The van der Waals surface area contributed by atoms with Crippen molar-refractivity contribution < 1.29 is 9.59 Å². The Balaban J connectivity index is 1.63. The Labute approximate surface area is 95.3 Å². The van der Waals surface area contributed by atoms with Crippen molar-refractivity contribution in [2.24, 2.45) is 5.92 Å². The molecule has 0 unspecified atom stereocenters. The van der Waals surface area contributed by atoms with Crippen molar-refractivity contribution >= 4 is 11.8 Å². The summed E-state index contributed by atoms with van der Waals surface area (Å²) in [6.45, 7) is 1.84. The fourth-order valence-electron chi connectivity index (χ4n) is 1.89. The van der Waals surface area contributed by atoms with E-state index in [1.165, 1.54) is 0 Å². The van der Waals surface area contributed by atoms with Gasteiger partial charge in [0.1, 0.15) is 0 Å². The lowest BCUT2D eigenvalue weighted by molar-refractivity contribution is -0.129. The van der Waals surface area contributed by atoms with Gasteiger partial charge in [0.05, 0.1) is 12.5 Å². The molecule has 1 aliphatic carbocycles. The third-order valence-corrected chi connectivity index (χ3v) is 3.03. The molecule has 0 aromatic heterocycles. The van der Waals surface area contributed by atoms with Crippen molar-refractivity contribution in [1.29, 1.82) is 0 Å². The lowest BCUT2D eigenvalue weighted by Gasteiger charge is -2.21. The first kappa shape index (κ1) is 11.4. The van der Waals surface area contributed by atoms with Gasteiger partial charge in [-0.3, -0.25) is 9.59 Å². The summed E-state index contributed by atoms with van der Waals surface area (Å²) in [6.07, 6.45) is 4.11.